The van der Waals surface area contributed by atoms with Gasteiger partial charge in [0.05, 0.1) is 34.6 Å². The number of anilines is 1. The van der Waals surface area contributed by atoms with Crippen molar-refractivity contribution in [2.45, 2.75) is 52.3 Å². The van der Waals surface area contributed by atoms with E-state index in [-0.39, 0.29) is 11.0 Å². The zero-order valence-electron chi connectivity index (χ0n) is 11.6. The van der Waals surface area contributed by atoms with Crippen LogP contribution in [0.3, 0.4) is 0 Å². The van der Waals surface area contributed by atoms with Gasteiger partial charge in [-0.15, -0.1) is 0 Å². The molecule has 0 fully saturated rings. The average molecular weight is 273 g/mol. The fourth-order valence-corrected chi connectivity index (χ4v) is 2.73. The Morgan fingerprint density at radius 2 is 1.89 bits per heavy atom. The van der Waals surface area contributed by atoms with Crippen LogP contribution in [0.15, 0.2) is 0 Å². The number of nitrogens with zero attached hydrogens (tertiary/aromatic N) is 2. The van der Waals surface area contributed by atoms with Gasteiger partial charge < -0.3 is 5.73 Å². The molecule has 2 N–H and O–H groups in total. The maximum absolute atomic E-state index is 11.8. The van der Waals surface area contributed by atoms with E-state index in [4.69, 9.17) is 5.73 Å². The van der Waals surface area contributed by atoms with E-state index in [1.165, 1.54) is 0 Å². The van der Waals surface area contributed by atoms with Crippen LogP contribution < -0.4 is 5.73 Å². The minimum atomic E-state index is -3.03. The molecule has 18 heavy (non-hydrogen) atoms. The van der Waals surface area contributed by atoms with Gasteiger partial charge in [0.2, 0.25) is 0 Å². The molecule has 6 heteroatoms. The number of sulfone groups is 1. The molecule has 0 aliphatic carbocycles. The van der Waals surface area contributed by atoms with Crippen molar-refractivity contribution < 1.29 is 8.42 Å². The molecule has 1 heterocycles. The molecule has 0 amide bonds. The Kier molecular flexibility index (Phi) is 4.78. The lowest BCUT2D eigenvalue weighted by Crippen LogP contribution is -2.22. The fourth-order valence-electron chi connectivity index (χ4n) is 1.83. The molecule has 1 aromatic rings. The minimum Gasteiger partial charge on any atom is -0.396 e. The lowest BCUT2D eigenvalue weighted by Gasteiger charge is -2.09. The highest BCUT2D eigenvalue weighted by Crippen LogP contribution is 2.18. The molecule has 1 rings (SSSR count). The standard InChI is InChI=1S/C12H23N3O2S/c1-5-10-12(13)11(6-2)15(14-10)7-8-18(16,17)9(3)4/h9H,5-8,13H2,1-4H3. The molecule has 0 unspecified atom stereocenters. The first-order valence-electron chi connectivity index (χ1n) is 6.39. The third kappa shape index (κ3) is 3.04. The second kappa shape index (κ2) is 5.73. The Hall–Kier alpha value is -1.04. The third-order valence-electron chi connectivity index (χ3n) is 3.15. The normalized spacial score (nSPS) is 12.3. The smallest absolute Gasteiger partial charge is 0.154 e. The van der Waals surface area contributed by atoms with Gasteiger partial charge in [0.1, 0.15) is 0 Å². The van der Waals surface area contributed by atoms with Gasteiger partial charge in [-0.05, 0) is 26.7 Å². The van der Waals surface area contributed by atoms with Gasteiger partial charge in [-0.1, -0.05) is 13.8 Å². The van der Waals surface area contributed by atoms with Crippen molar-refractivity contribution in [1.29, 1.82) is 0 Å². The maximum atomic E-state index is 11.8. The molecule has 0 saturated heterocycles. The zero-order chi connectivity index (χ0) is 13.9. The lowest BCUT2D eigenvalue weighted by atomic mass is 10.2. The van der Waals surface area contributed by atoms with Gasteiger partial charge in [0.15, 0.2) is 9.84 Å². The van der Waals surface area contributed by atoms with Gasteiger partial charge in [0.25, 0.3) is 0 Å². The SMILES string of the molecule is CCc1nn(CCS(=O)(=O)C(C)C)c(CC)c1N. The van der Waals surface area contributed by atoms with E-state index in [1.807, 2.05) is 13.8 Å². The number of nitrogen functional groups attached to an aromatic ring is 1. The molecular formula is C12H23N3O2S. The summed E-state index contributed by atoms with van der Waals surface area (Å²) in [6.45, 7) is 7.78. The van der Waals surface area contributed by atoms with Crippen LogP contribution in [0, 0.1) is 0 Å². The summed E-state index contributed by atoms with van der Waals surface area (Å²) in [6, 6.07) is 0. The van der Waals surface area contributed by atoms with Crippen molar-refractivity contribution in [2.75, 3.05) is 11.5 Å². The molecule has 0 saturated carbocycles. The largest absolute Gasteiger partial charge is 0.396 e. The van der Waals surface area contributed by atoms with Gasteiger partial charge in [-0.25, -0.2) is 8.42 Å². The quantitative estimate of drug-likeness (QED) is 0.850. The topological polar surface area (TPSA) is 78.0 Å². The molecule has 0 radical (unpaired) electrons. The summed E-state index contributed by atoms with van der Waals surface area (Å²) in [5.41, 5.74) is 8.49. The van der Waals surface area contributed by atoms with E-state index in [0.29, 0.717) is 12.2 Å². The summed E-state index contributed by atoms with van der Waals surface area (Å²) in [7, 11) is -3.03. The average Bonchev–Trinajstić information content (AvgIpc) is 2.62. The molecule has 0 aromatic carbocycles. The zero-order valence-corrected chi connectivity index (χ0v) is 12.4. The number of hydrogen-bond acceptors (Lipinski definition) is 4. The van der Waals surface area contributed by atoms with Crippen LogP contribution in [-0.4, -0.2) is 29.2 Å². The van der Waals surface area contributed by atoms with E-state index in [1.54, 1.807) is 18.5 Å². The summed E-state index contributed by atoms with van der Waals surface area (Å²) in [5.74, 6) is 0.113. The third-order valence-corrected chi connectivity index (χ3v) is 5.34. The van der Waals surface area contributed by atoms with Crippen molar-refractivity contribution in [1.82, 2.24) is 9.78 Å². The van der Waals surface area contributed by atoms with Gasteiger partial charge in [-0.3, -0.25) is 4.68 Å². The minimum absolute atomic E-state index is 0.113. The highest BCUT2D eigenvalue weighted by molar-refractivity contribution is 7.91. The predicted molar refractivity (Wildman–Crippen MR) is 74.3 cm³/mol. The maximum Gasteiger partial charge on any atom is 0.154 e. The first kappa shape index (κ1) is 15.0. The van der Waals surface area contributed by atoms with E-state index >= 15 is 0 Å². The molecule has 0 bridgehead atoms. The van der Waals surface area contributed by atoms with Crippen molar-refractivity contribution >= 4 is 15.5 Å². The van der Waals surface area contributed by atoms with E-state index < -0.39 is 9.84 Å². The van der Waals surface area contributed by atoms with Gasteiger partial charge in [-0.2, -0.15) is 5.10 Å². The van der Waals surface area contributed by atoms with Gasteiger partial charge in [0, 0.05) is 0 Å². The lowest BCUT2D eigenvalue weighted by molar-refractivity contribution is 0.565. The van der Waals surface area contributed by atoms with Crippen LogP contribution >= 0.6 is 0 Å². The number of hydrogen-bond donors (Lipinski definition) is 1. The van der Waals surface area contributed by atoms with Crippen molar-refractivity contribution in [3.63, 3.8) is 0 Å². The van der Waals surface area contributed by atoms with Crippen LogP contribution in [0.1, 0.15) is 39.1 Å². The number of nitrogens with two attached hydrogens (primary N) is 1. The summed E-state index contributed by atoms with van der Waals surface area (Å²) in [6.07, 6.45) is 1.53. The van der Waals surface area contributed by atoms with Gasteiger partial charge >= 0.3 is 0 Å². The van der Waals surface area contributed by atoms with Crippen LogP contribution in [0.25, 0.3) is 0 Å². The fraction of sp³-hybridized carbons (Fsp3) is 0.750. The Morgan fingerprint density at radius 3 is 2.33 bits per heavy atom. The number of aryl methyl sites for hydroxylation is 2. The van der Waals surface area contributed by atoms with E-state index in [2.05, 4.69) is 5.10 Å². The number of aromatic nitrogens is 2. The molecule has 0 spiro atoms. The predicted octanol–water partition coefficient (Wildman–Crippen LogP) is 1.41. The summed E-state index contributed by atoms with van der Waals surface area (Å²) in [5, 5.41) is 4.04. The molecule has 0 aliphatic rings. The van der Waals surface area contributed by atoms with Crippen molar-refractivity contribution in [3.05, 3.63) is 11.4 Å². The molecule has 1 aromatic heterocycles. The van der Waals surface area contributed by atoms with Crippen LogP contribution in [-0.2, 0) is 29.2 Å². The molecule has 5 nitrogen and oxygen atoms in total. The Bertz CT molecular complexity index is 504. The summed E-state index contributed by atoms with van der Waals surface area (Å²) in [4.78, 5) is 0. The van der Waals surface area contributed by atoms with Crippen LogP contribution in [0.4, 0.5) is 5.69 Å². The highest BCUT2D eigenvalue weighted by Gasteiger charge is 2.18. The Balaban J connectivity index is 2.92. The molecular weight excluding hydrogens is 250 g/mol. The van der Waals surface area contributed by atoms with E-state index in [9.17, 15) is 8.42 Å². The second-order valence-electron chi connectivity index (χ2n) is 4.65. The monoisotopic (exact) mass is 273 g/mol. The Morgan fingerprint density at radius 1 is 1.28 bits per heavy atom. The van der Waals surface area contributed by atoms with Crippen LogP contribution in [0.5, 0.6) is 0 Å². The summed E-state index contributed by atoms with van der Waals surface area (Å²) >= 11 is 0. The highest BCUT2D eigenvalue weighted by atomic mass is 32.2. The molecule has 0 atom stereocenters. The van der Waals surface area contributed by atoms with Crippen molar-refractivity contribution in [3.8, 4) is 0 Å². The molecule has 104 valence electrons. The number of rotatable bonds is 6. The van der Waals surface area contributed by atoms with Crippen LogP contribution in [0.2, 0.25) is 0 Å². The van der Waals surface area contributed by atoms with Crippen molar-refractivity contribution in [2.24, 2.45) is 0 Å². The first-order valence-corrected chi connectivity index (χ1v) is 8.10. The molecule has 0 aliphatic heterocycles. The summed E-state index contributed by atoms with van der Waals surface area (Å²) < 4.78 is 25.3. The first-order chi connectivity index (χ1) is 8.33. The van der Waals surface area contributed by atoms with E-state index in [0.717, 1.165) is 24.2 Å². The second-order valence-corrected chi connectivity index (χ2v) is 7.33. The Labute approximate surface area is 109 Å².